The molecule has 0 unspecified atom stereocenters. The van der Waals surface area contributed by atoms with E-state index in [0.29, 0.717) is 16.6 Å². The van der Waals surface area contributed by atoms with E-state index in [-0.39, 0.29) is 18.3 Å². The average Bonchev–Trinajstić information content (AvgIpc) is 2.32. The fraction of sp³-hybridized carbons (Fsp3) is 0.417. The highest BCUT2D eigenvalue weighted by Crippen LogP contribution is 2.24. The van der Waals surface area contributed by atoms with Crippen LogP contribution < -0.4 is 5.32 Å². The van der Waals surface area contributed by atoms with Gasteiger partial charge in [0.05, 0.1) is 4.47 Å². The van der Waals surface area contributed by atoms with Crippen molar-refractivity contribution in [2.75, 3.05) is 13.2 Å². The molecule has 1 aromatic rings. The molecule has 0 heterocycles. The number of phenolic OH excluding ortho intramolecular Hbond substituents is 1. The molecule has 0 aliphatic heterocycles. The molecule has 0 saturated heterocycles. The number of carbonyl (C=O) groups is 1. The maximum absolute atomic E-state index is 11.7. The average molecular weight is 302 g/mol. The summed E-state index contributed by atoms with van der Waals surface area (Å²) < 4.78 is 0.567. The first-order chi connectivity index (χ1) is 8.15. The Balaban J connectivity index is 2.39. The van der Waals surface area contributed by atoms with Crippen LogP contribution in [0, 0.1) is 0 Å². The van der Waals surface area contributed by atoms with Crippen molar-refractivity contribution in [3.63, 3.8) is 0 Å². The molecule has 0 spiro atoms. The van der Waals surface area contributed by atoms with Crippen LogP contribution in [0.4, 0.5) is 0 Å². The third-order valence-corrected chi connectivity index (χ3v) is 3.00. The third kappa shape index (κ3) is 4.75. The van der Waals surface area contributed by atoms with Crippen molar-refractivity contribution in [3.8, 4) is 5.75 Å². The van der Waals surface area contributed by atoms with E-state index in [0.717, 1.165) is 19.3 Å². The summed E-state index contributed by atoms with van der Waals surface area (Å²) in [5.41, 5.74) is 0.438. The highest BCUT2D eigenvalue weighted by molar-refractivity contribution is 9.10. The minimum absolute atomic E-state index is 0.0536. The van der Waals surface area contributed by atoms with Crippen LogP contribution in [0.2, 0.25) is 0 Å². The second-order valence-electron chi connectivity index (χ2n) is 3.71. The number of carbonyl (C=O) groups excluding carboxylic acids is 1. The summed E-state index contributed by atoms with van der Waals surface area (Å²) in [6.45, 7) is 0.768. The predicted octanol–water partition coefficient (Wildman–Crippen LogP) is 2.05. The molecule has 3 N–H and O–H groups in total. The van der Waals surface area contributed by atoms with Gasteiger partial charge in [-0.25, -0.2) is 0 Å². The molecule has 0 bridgehead atoms. The van der Waals surface area contributed by atoms with Gasteiger partial charge in [-0.2, -0.15) is 0 Å². The minimum Gasteiger partial charge on any atom is -0.507 e. The van der Waals surface area contributed by atoms with Gasteiger partial charge in [0.2, 0.25) is 0 Å². The van der Waals surface area contributed by atoms with Gasteiger partial charge >= 0.3 is 0 Å². The lowest BCUT2D eigenvalue weighted by Crippen LogP contribution is -2.24. The van der Waals surface area contributed by atoms with Gasteiger partial charge in [-0.15, -0.1) is 0 Å². The van der Waals surface area contributed by atoms with E-state index in [2.05, 4.69) is 21.2 Å². The Morgan fingerprint density at radius 1 is 1.29 bits per heavy atom. The normalized spacial score (nSPS) is 10.2. The van der Waals surface area contributed by atoms with Crippen LogP contribution in [0.25, 0.3) is 0 Å². The highest BCUT2D eigenvalue weighted by Gasteiger charge is 2.07. The largest absolute Gasteiger partial charge is 0.507 e. The van der Waals surface area contributed by atoms with Gasteiger partial charge in [-0.05, 0) is 53.4 Å². The smallest absolute Gasteiger partial charge is 0.251 e. The Morgan fingerprint density at radius 3 is 2.71 bits per heavy atom. The van der Waals surface area contributed by atoms with Gasteiger partial charge in [0.1, 0.15) is 5.75 Å². The van der Waals surface area contributed by atoms with Crippen molar-refractivity contribution in [2.45, 2.75) is 19.3 Å². The molecule has 5 heteroatoms. The summed E-state index contributed by atoms with van der Waals surface area (Å²) in [6.07, 6.45) is 2.49. The summed E-state index contributed by atoms with van der Waals surface area (Å²) >= 11 is 3.15. The number of hydrogen-bond acceptors (Lipinski definition) is 3. The molecule has 0 radical (unpaired) electrons. The number of aliphatic hydroxyl groups excluding tert-OH is 1. The molecular formula is C12H16BrNO3. The van der Waals surface area contributed by atoms with E-state index in [1.807, 2.05) is 0 Å². The summed E-state index contributed by atoms with van der Waals surface area (Å²) in [5, 5.41) is 20.8. The number of benzene rings is 1. The molecule has 1 rings (SSSR count). The number of hydrogen-bond donors (Lipinski definition) is 3. The van der Waals surface area contributed by atoms with Gasteiger partial charge in [-0.1, -0.05) is 0 Å². The number of nitrogens with one attached hydrogen (secondary N) is 1. The number of aliphatic hydroxyl groups is 1. The molecule has 0 aliphatic carbocycles. The van der Waals surface area contributed by atoms with Crippen LogP contribution in [0.3, 0.4) is 0 Å². The van der Waals surface area contributed by atoms with Gasteiger partial charge < -0.3 is 15.5 Å². The van der Waals surface area contributed by atoms with Gasteiger partial charge in [0.15, 0.2) is 0 Å². The zero-order chi connectivity index (χ0) is 12.7. The maximum atomic E-state index is 11.7. The van der Waals surface area contributed by atoms with Crippen molar-refractivity contribution < 1.29 is 15.0 Å². The Labute approximate surface area is 109 Å². The highest BCUT2D eigenvalue weighted by atomic mass is 79.9. The molecule has 0 aliphatic rings. The molecule has 94 valence electrons. The first kappa shape index (κ1) is 14.0. The minimum atomic E-state index is -0.197. The quantitative estimate of drug-likeness (QED) is 0.704. The third-order valence-electron chi connectivity index (χ3n) is 2.33. The Morgan fingerprint density at radius 2 is 2.06 bits per heavy atom. The molecule has 4 nitrogen and oxygen atoms in total. The molecule has 1 aromatic carbocycles. The van der Waals surface area contributed by atoms with Crippen LogP contribution in [-0.4, -0.2) is 29.3 Å². The maximum Gasteiger partial charge on any atom is 0.251 e. The molecule has 17 heavy (non-hydrogen) atoms. The lowest BCUT2D eigenvalue weighted by atomic mass is 10.2. The first-order valence-corrected chi connectivity index (χ1v) is 6.32. The number of halogens is 1. The van der Waals surface area contributed by atoms with Crippen molar-refractivity contribution in [2.24, 2.45) is 0 Å². The van der Waals surface area contributed by atoms with E-state index in [1.54, 1.807) is 12.1 Å². The van der Waals surface area contributed by atoms with Gasteiger partial charge in [-0.3, -0.25) is 4.79 Å². The van der Waals surface area contributed by atoms with Crippen LogP contribution in [0.15, 0.2) is 22.7 Å². The molecule has 0 aromatic heterocycles. The first-order valence-electron chi connectivity index (χ1n) is 5.52. The Hall–Kier alpha value is -1.07. The van der Waals surface area contributed by atoms with E-state index in [1.165, 1.54) is 6.07 Å². The number of rotatable bonds is 6. The number of phenols is 1. The van der Waals surface area contributed by atoms with E-state index >= 15 is 0 Å². The van der Waals surface area contributed by atoms with E-state index < -0.39 is 0 Å². The summed E-state index contributed by atoms with van der Waals surface area (Å²) in [5.74, 6) is -0.144. The summed E-state index contributed by atoms with van der Waals surface area (Å²) in [6, 6.07) is 4.70. The van der Waals surface area contributed by atoms with Crippen LogP contribution >= 0.6 is 15.9 Å². The SMILES string of the molecule is O=C(NCCCCCO)c1ccc(Br)c(O)c1. The fourth-order valence-corrected chi connectivity index (χ4v) is 1.62. The van der Waals surface area contributed by atoms with Crippen LogP contribution in [0.1, 0.15) is 29.6 Å². The lowest BCUT2D eigenvalue weighted by molar-refractivity contribution is 0.0952. The fourth-order valence-electron chi connectivity index (χ4n) is 1.37. The number of unbranched alkanes of at least 4 members (excludes halogenated alkanes) is 2. The predicted molar refractivity (Wildman–Crippen MR) is 69.1 cm³/mol. The van der Waals surface area contributed by atoms with E-state index in [4.69, 9.17) is 5.11 Å². The zero-order valence-electron chi connectivity index (χ0n) is 9.45. The monoisotopic (exact) mass is 301 g/mol. The molecular weight excluding hydrogens is 286 g/mol. The zero-order valence-corrected chi connectivity index (χ0v) is 11.0. The summed E-state index contributed by atoms with van der Waals surface area (Å²) in [4.78, 5) is 11.7. The standard InChI is InChI=1S/C12H16BrNO3/c13-10-5-4-9(8-11(10)16)12(17)14-6-2-1-3-7-15/h4-5,8,15-16H,1-3,6-7H2,(H,14,17). The lowest BCUT2D eigenvalue weighted by Gasteiger charge is -2.05. The van der Waals surface area contributed by atoms with Gasteiger partial charge in [0, 0.05) is 18.7 Å². The van der Waals surface area contributed by atoms with Crippen molar-refractivity contribution >= 4 is 21.8 Å². The summed E-state index contributed by atoms with van der Waals surface area (Å²) in [7, 11) is 0. The molecule has 0 saturated carbocycles. The van der Waals surface area contributed by atoms with E-state index in [9.17, 15) is 9.90 Å². The second-order valence-corrected chi connectivity index (χ2v) is 4.56. The Kier molecular flexibility index (Phi) is 6.00. The van der Waals surface area contributed by atoms with Crippen molar-refractivity contribution in [3.05, 3.63) is 28.2 Å². The number of aromatic hydroxyl groups is 1. The van der Waals surface area contributed by atoms with Crippen LogP contribution in [0.5, 0.6) is 5.75 Å². The van der Waals surface area contributed by atoms with Crippen molar-refractivity contribution in [1.82, 2.24) is 5.32 Å². The van der Waals surface area contributed by atoms with Crippen LogP contribution in [-0.2, 0) is 0 Å². The molecule has 1 amide bonds. The molecule has 0 fully saturated rings. The molecule has 0 atom stereocenters. The second kappa shape index (κ2) is 7.29. The Bertz CT molecular complexity index is 382. The number of amides is 1. The topological polar surface area (TPSA) is 69.6 Å². The van der Waals surface area contributed by atoms with Gasteiger partial charge in [0.25, 0.3) is 5.91 Å². The van der Waals surface area contributed by atoms with Crippen molar-refractivity contribution in [1.29, 1.82) is 0 Å².